The number of carbonyl (C=O) groups excluding carboxylic acids is 1. The summed E-state index contributed by atoms with van der Waals surface area (Å²) in [6.45, 7) is 0. The first-order valence-corrected chi connectivity index (χ1v) is 5.53. The first-order chi connectivity index (χ1) is 5.24. The summed E-state index contributed by atoms with van der Waals surface area (Å²) in [5.41, 5.74) is 0. The summed E-state index contributed by atoms with van der Waals surface area (Å²) in [6, 6.07) is 0. The van der Waals surface area contributed by atoms with Gasteiger partial charge in [0.2, 0.25) is 0 Å². The van der Waals surface area contributed by atoms with E-state index in [0.717, 1.165) is 25.7 Å². The highest BCUT2D eigenvalue weighted by Gasteiger charge is 2.23. The largest absolute Gasteiger partial charge is 0.393 e. The van der Waals surface area contributed by atoms with Crippen LogP contribution in [-0.2, 0) is 4.79 Å². The molecule has 0 aromatic heterocycles. The van der Waals surface area contributed by atoms with Gasteiger partial charge in [-0.2, -0.15) is 0 Å². The molecule has 0 radical (unpaired) electrons. The molecule has 3 heteroatoms. The van der Waals surface area contributed by atoms with E-state index in [1.807, 2.05) is 0 Å². The van der Waals surface area contributed by atoms with Crippen molar-refractivity contribution in [3.8, 4) is 0 Å². The molecule has 11 heavy (non-hydrogen) atoms. The number of carbonyl (C=O) groups is 1. The van der Waals surface area contributed by atoms with E-state index >= 15 is 0 Å². The van der Waals surface area contributed by atoms with E-state index in [1.54, 1.807) is 0 Å². The van der Waals surface area contributed by atoms with Crippen LogP contribution in [0.15, 0.2) is 0 Å². The van der Waals surface area contributed by atoms with Gasteiger partial charge in [0.25, 0.3) is 0 Å². The second kappa shape index (κ2) is 4.40. The Labute approximate surface area is 80.5 Å². The number of ketones is 1. The third kappa shape index (κ3) is 2.71. The van der Waals surface area contributed by atoms with Crippen LogP contribution in [0.1, 0.15) is 25.7 Å². The summed E-state index contributed by atoms with van der Waals surface area (Å²) in [5.74, 6) is 0.604. The molecule has 64 valence electrons. The van der Waals surface area contributed by atoms with Gasteiger partial charge in [0.15, 0.2) is 0 Å². The predicted octanol–water partition coefficient (Wildman–Crippen LogP) is 1.54. The summed E-state index contributed by atoms with van der Waals surface area (Å²) in [5, 5.41) is 9.17. The Kier molecular flexibility index (Phi) is 3.78. The Bertz CT molecular complexity index is 139. The molecule has 0 unspecified atom stereocenters. The molecule has 2 nitrogen and oxygen atoms in total. The molecule has 0 atom stereocenters. The van der Waals surface area contributed by atoms with Gasteiger partial charge < -0.3 is 5.11 Å². The molecular weight excluding hydrogens is 255 g/mol. The lowest BCUT2D eigenvalue weighted by Crippen LogP contribution is -2.24. The predicted molar refractivity (Wildman–Crippen MR) is 51.9 cm³/mol. The molecule has 0 spiro atoms. The van der Waals surface area contributed by atoms with E-state index in [-0.39, 0.29) is 12.0 Å². The SMILES string of the molecule is O=C(CI)C1CCC(O)CC1. The van der Waals surface area contributed by atoms with Crippen molar-refractivity contribution in [2.24, 2.45) is 5.92 Å². The Hall–Kier alpha value is 0.360. The zero-order valence-corrected chi connectivity index (χ0v) is 8.58. The molecule has 0 aromatic carbocycles. The molecule has 0 aliphatic heterocycles. The molecule has 1 fully saturated rings. The van der Waals surface area contributed by atoms with Crippen LogP contribution in [0, 0.1) is 5.92 Å². The fourth-order valence-electron chi connectivity index (χ4n) is 1.51. The highest BCUT2D eigenvalue weighted by atomic mass is 127. The van der Waals surface area contributed by atoms with Gasteiger partial charge in [0, 0.05) is 5.92 Å². The van der Waals surface area contributed by atoms with E-state index in [9.17, 15) is 4.79 Å². The van der Waals surface area contributed by atoms with Crippen LogP contribution in [0.4, 0.5) is 0 Å². The first kappa shape index (κ1) is 9.45. The highest BCUT2D eigenvalue weighted by Crippen LogP contribution is 2.25. The number of aliphatic hydroxyl groups excluding tert-OH is 1. The Morgan fingerprint density at radius 2 is 1.91 bits per heavy atom. The molecular formula is C8H13IO2. The standard InChI is InChI=1S/C8H13IO2/c9-5-8(11)6-1-3-7(10)4-2-6/h6-7,10H,1-5H2. The van der Waals surface area contributed by atoms with Crippen LogP contribution in [0.2, 0.25) is 0 Å². The van der Waals surface area contributed by atoms with E-state index in [0.29, 0.717) is 10.2 Å². The van der Waals surface area contributed by atoms with Gasteiger partial charge in [-0.1, -0.05) is 22.6 Å². The minimum Gasteiger partial charge on any atom is -0.393 e. The Morgan fingerprint density at radius 1 is 1.36 bits per heavy atom. The fourth-order valence-corrected chi connectivity index (χ4v) is 2.13. The lowest BCUT2D eigenvalue weighted by molar-refractivity contribution is -0.121. The monoisotopic (exact) mass is 268 g/mol. The number of Topliss-reactive ketones (excluding diaryl/α,β-unsaturated/α-hetero) is 1. The zero-order chi connectivity index (χ0) is 8.27. The average Bonchev–Trinajstić information content (AvgIpc) is 2.05. The maximum Gasteiger partial charge on any atom is 0.145 e. The molecule has 0 saturated heterocycles. The van der Waals surface area contributed by atoms with Crippen LogP contribution in [-0.4, -0.2) is 21.4 Å². The highest BCUT2D eigenvalue weighted by molar-refractivity contribution is 14.1. The number of halogens is 1. The van der Waals surface area contributed by atoms with Crippen LogP contribution in [0.25, 0.3) is 0 Å². The van der Waals surface area contributed by atoms with E-state index in [4.69, 9.17) is 5.11 Å². The van der Waals surface area contributed by atoms with Gasteiger partial charge in [-0.05, 0) is 25.7 Å². The van der Waals surface area contributed by atoms with E-state index in [1.165, 1.54) is 0 Å². The van der Waals surface area contributed by atoms with Gasteiger partial charge in [-0.3, -0.25) is 4.79 Å². The quantitative estimate of drug-likeness (QED) is 0.609. The van der Waals surface area contributed by atoms with Gasteiger partial charge >= 0.3 is 0 Å². The average molecular weight is 268 g/mol. The molecule has 0 heterocycles. The van der Waals surface area contributed by atoms with Gasteiger partial charge in [0.05, 0.1) is 10.5 Å². The van der Waals surface area contributed by atoms with Crippen LogP contribution >= 0.6 is 22.6 Å². The maximum absolute atomic E-state index is 11.2. The third-order valence-corrected chi connectivity index (χ3v) is 3.04. The van der Waals surface area contributed by atoms with Gasteiger partial charge in [0.1, 0.15) is 5.78 Å². The third-order valence-electron chi connectivity index (χ3n) is 2.28. The van der Waals surface area contributed by atoms with Gasteiger partial charge in [-0.15, -0.1) is 0 Å². The summed E-state index contributed by atoms with van der Waals surface area (Å²) in [7, 11) is 0. The molecule has 1 saturated carbocycles. The van der Waals surface area contributed by atoms with Gasteiger partial charge in [-0.25, -0.2) is 0 Å². The summed E-state index contributed by atoms with van der Waals surface area (Å²) in [6.07, 6.45) is 3.26. The number of rotatable bonds is 2. The number of alkyl halides is 1. The number of hydrogen-bond acceptors (Lipinski definition) is 2. The lowest BCUT2D eigenvalue weighted by atomic mass is 9.85. The molecule has 1 aliphatic rings. The fraction of sp³-hybridized carbons (Fsp3) is 0.875. The van der Waals surface area contributed by atoms with Crippen molar-refractivity contribution < 1.29 is 9.90 Å². The number of hydrogen-bond donors (Lipinski definition) is 1. The van der Waals surface area contributed by atoms with Crippen molar-refractivity contribution in [1.29, 1.82) is 0 Å². The Morgan fingerprint density at radius 3 is 2.36 bits per heavy atom. The molecule has 1 rings (SSSR count). The summed E-state index contributed by atoms with van der Waals surface area (Å²) >= 11 is 2.11. The minimum absolute atomic E-state index is 0.145. The second-order valence-corrected chi connectivity index (χ2v) is 3.87. The summed E-state index contributed by atoms with van der Waals surface area (Å²) < 4.78 is 0.624. The van der Waals surface area contributed by atoms with Crippen molar-refractivity contribution in [3.63, 3.8) is 0 Å². The zero-order valence-electron chi connectivity index (χ0n) is 6.42. The van der Waals surface area contributed by atoms with E-state index < -0.39 is 0 Å². The molecule has 1 N–H and O–H groups in total. The minimum atomic E-state index is -0.145. The molecule has 0 amide bonds. The van der Waals surface area contributed by atoms with Crippen LogP contribution in [0.5, 0.6) is 0 Å². The van der Waals surface area contributed by atoms with Crippen LogP contribution < -0.4 is 0 Å². The van der Waals surface area contributed by atoms with Crippen molar-refractivity contribution in [3.05, 3.63) is 0 Å². The topological polar surface area (TPSA) is 37.3 Å². The molecule has 1 aliphatic carbocycles. The van der Waals surface area contributed by atoms with Crippen molar-refractivity contribution in [2.45, 2.75) is 31.8 Å². The molecule has 0 bridgehead atoms. The van der Waals surface area contributed by atoms with E-state index in [2.05, 4.69) is 22.6 Å². The smallest absolute Gasteiger partial charge is 0.145 e. The first-order valence-electron chi connectivity index (χ1n) is 4.00. The Balaban J connectivity index is 2.33. The maximum atomic E-state index is 11.2. The second-order valence-electron chi connectivity index (χ2n) is 3.11. The number of aliphatic hydroxyl groups is 1. The van der Waals surface area contributed by atoms with Crippen molar-refractivity contribution >= 4 is 28.4 Å². The molecule has 0 aromatic rings. The van der Waals surface area contributed by atoms with Crippen LogP contribution in [0.3, 0.4) is 0 Å². The van der Waals surface area contributed by atoms with Crippen molar-refractivity contribution in [2.75, 3.05) is 4.43 Å². The summed E-state index contributed by atoms with van der Waals surface area (Å²) in [4.78, 5) is 11.2. The lowest BCUT2D eigenvalue weighted by Gasteiger charge is -2.23. The normalized spacial score (nSPS) is 31.8. The van der Waals surface area contributed by atoms with Crippen molar-refractivity contribution in [1.82, 2.24) is 0 Å².